The third-order valence-electron chi connectivity index (χ3n) is 2.52. The predicted molar refractivity (Wildman–Crippen MR) is 69.7 cm³/mol. The monoisotopic (exact) mass is 252 g/mol. The highest BCUT2D eigenvalue weighted by Crippen LogP contribution is 2.28. The smallest absolute Gasteiger partial charge is 0.221 e. The Morgan fingerprint density at radius 1 is 1.44 bits per heavy atom. The van der Waals surface area contributed by atoms with Crippen LogP contribution in [-0.4, -0.2) is 31.2 Å². The Bertz CT molecular complexity index is 394. The molecule has 1 aromatic carbocycles. The van der Waals surface area contributed by atoms with Gasteiger partial charge in [-0.1, -0.05) is 12.1 Å². The van der Waals surface area contributed by atoms with Crippen LogP contribution in [0, 0.1) is 0 Å². The van der Waals surface area contributed by atoms with Gasteiger partial charge < -0.3 is 20.5 Å². The molecule has 0 aliphatic rings. The molecule has 1 rings (SSSR count). The number of phenols is 1. The molecule has 18 heavy (non-hydrogen) atoms. The van der Waals surface area contributed by atoms with E-state index in [0.717, 1.165) is 5.56 Å². The summed E-state index contributed by atoms with van der Waals surface area (Å²) in [5.74, 6) is 0.628. The molecule has 3 N–H and O–H groups in total. The molecule has 0 spiro atoms. The highest BCUT2D eigenvalue weighted by molar-refractivity contribution is 5.75. The molecule has 0 aromatic heterocycles. The van der Waals surface area contributed by atoms with Gasteiger partial charge in [-0.15, -0.1) is 0 Å². The highest BCUT2D eigenvalue weighted by Gasteiger charge is 2.06. The summed E-state index contributed by atoms with van der Waals surface area (Å²) in [6.07, 6.45) is 0.429. The number of carbonyl (C=O) groups is 1. The molecule has 0 saturated heterocycles. The van der Waals surface area contributed by atoms with Gasteiger partial charge in [0, 0.05) is 31.6 Å². The number of aromatic hydroxyl groups is 1. The van der Waals surface area contributed by atoms with Crippen molar-refractivity contribution in [1.82, 2.24) is 10.6 Å². The van der Waals surface area contributed by atoms with Crippen LogP contribution in [0.2, 0.25) is 0 Å². The van der Waals surface area contributed by atoms with E-state index in [-0.39, 0.29) is 11.7 Å². The van der Waals surface area contributed by atoms with Crippen molar-refractivity contribution in [2.45, 2.75) is 19.9 Å². The van der Waals surface area contributed by atoms with Gasteiger partial charge in [-0.05, 0) is 13.0 Å². The molecular weight excluding hydrogens is 232 g/mol. The molecule has 0 unspecified atom stereocenters. The van der Waals surface area contributed by atoms with Gasteiger partial charge in [-0.2, -0.15) is 0 Å². The molecule has 1 amide bonds. The summed E-state index contributed by atoms with van der Waals surface area (Å²) in [7, 11) is 1.52. The van der Waals surface area contributed by atoms with Crippen molar-refractivity contribution in [3.05, 3.63) is 23.8 Å². The Hall–Kier alpha value is -1.75. The number of benzene rings is 1. The molecular formula is C13H20N2O3. The molecule has 5 heteroatoms. The number of hydrogen-bond acceptors (Lipinski definition) is 4. The van der Waals surface area contributed by atoms with E-state index in [4.69, 9.17) is 4.74 Å². The summed E-state index contributed by atoms with van der Waals surface area (Å²) >= 11 is 0. The van der Waals surface area contributed by atoms with Gasteiger partial charge in [0.15, 0.2) is 11.5 Å². The fraction of sp³-hybridized carbons (Fsp3) is 0.462. The maximum absolute atomic E-state index is 11.2. The second-order valence-corrected chi connectivity index (χ2v) is 3.85. The molecule has 100 valence electrons. The first-order valence-corrected chi connectivity index (χ1v) is 6.01. The number of phenolic OH excluding ortho intramolecular Hbond substituents is 1. The summed E-state index contributed by atoms with van der Waals surface area (Å²) in [5, 5.41) is 15.7. The van der Waals surface area contributed by atoms with Crippen LogP contribution in [0.25, 0.3) is 0 Å². The lowest BCUT2D eigenvalue weighted by Crippen LogP contribution is -2.27. The van der Waals surface area contributed by atoms with Crippen molar-refractivity contribution in [2.24, 2.45) is 0 Å². The normalized spacial score (nSPS) is 10.1. The van der Waals surface area contributed by atoms with Crippen LogP contribution < -0.4 is 15.4 Å². The maximum atomic E-state index is 11.2. The van der Waals surface area contributed by atoms with Gasteiger partial charge in [0.05, 0.1) is 7.11 Å². The lowest BCUT2D eigenvalue weighted by Gasteiger charge is -2.09. The first kappa shape index (κ1) is 14.3. The highest BCUT2D eigenvalue weighted by atomic mass is 16.5. The van der Waals surface area contributed by atoms with E-state index in [1.807, 2.05) is 19.1 Å². The summed E-state index contributed by atoms with van der Waals surface area (Å²) in [5.41, 5.74) is 0.755. The minimum Gasteiger partial charge on any atom is -0.504 e. The summed E-state index contributed by atoms with van der Waals surface area (Å²) in [6.45, 7) is 3.61. The third kappa shape index (κ3) is 4.25. The largest absolute Gasteiger partial charge is 0.504 e. The predicted octanol–water partition coefficient (Wildman–Crippen LogP) is 1.02. The van der Waals surface area contributed by atoms with Crippen LogP contribution in [-0.2, 0) is 11.3 Å². The van der Waals surface area contributed by atoms with Crippen molar-refractivity contribution in [3.8, 4) is 11.5 Å². The molecule has 0 heterocycles. The first-order chi connectivity index (χ1) is 8.69. The Balaban J connectivity index is 2.38. The Kier molecular flexibility index (Phi) is 6.00. The summed E-state index contributed by atoms with van der Waals surface area (Å²) < 4.78 is 5.02. The van der Waals surface area contributed by atoms with E-state index in [2.05, 4.69) is 10.6 Å². The minimum atomic E-state index is 0.0277. The van der Waals surface area contributed by atoms with Crippen LogP contribution in [0.4, 0.5) is 0 Å². The number of para-hydroxylation sites is 1. The zero-order valence-electron chi connectivity index (χ0n) is 10.8. The van der Waals surface area contributed by atoms with E-state index in [1.165, 1.54) is 7.11 Å². The van der Waals surface area contributed by atoms with Gasteiger partial charge >= 0.3 is 0 Å². The lowest BCUT2D eigenvalue weighted by atomic mass is 10.2. The third-order valence-corrected chi connectivity index (χ3v) is 2.52. The van der Waals surface area contributed by atoms with Crippen LogP contribution in [0.15, 0.2) is 18.2 Å². The average Bonchev–Trinajstić information content (AvgIpc) is 2.36. The standard InChI is InChI=1S/C13H20N2O3/c1-3-15-12(16)7-8-14-9-10-5-4-6-11(18-2)13(10)17/h4-6,14,17H,3,7-9H2,1-2H3,(H,15,16). The number of hydrogen-bond donors (Lipinski definition) is 3. The van der Waals surface area contributed by atoms with Gasteiger partial charge in [-0.3, -0.25) is 4.79 Å². The van der Waals surface area contributed by atoms with Crippen LogP contribution in [0.3, 0.4) is 0 Å². The number of rotatable bonds is 7. The maximum Gasteiger partial charge on any atom is 0.221 e. The SMILES string of the molecule is CCNC(=O)CCNCc1cccc(OC)c1O. The minimum absolute atomic E-state index is 0.0277. The van der Waals surface area contributed by atoms with E-state index in [9.17, 15) is 9.90 Å². The van der Waals surface area contributed by atoms with Crippen LogP contribution in [0.5, 0.6) is 11.5 Å². The van der Waals surface area contributed by atoms with E-state index in [1.54, 1.807) is 6.07 Å². The number of amides is 1. The average molecular weight is 252 g/mol. The second-order valence-electron chi connectivity index (χ2n) is 3.85. The molecule has 0 atom stereocenters. The van der Waals surface area contributed by atoms with Crippen molar-refractivity contribution in [2.75, 3.05) is 20.2 Å². The molecule has 0 saturated carbocycles. The zero-order valence-corrected chi connectivity index (χ0v) is 10.8. The van der Waals surface area contributed by atoms with Gasteiger partial charge in [0.25, 0.3) is 0 Å². The second kappa shape index (κ2) is 7.55. The van der Waals surface area contributed by atoms with Gasteiger partial charge in [0.1, 0.15) is 0 Å². The molecule has 0 bridgehead atoms. The van der Waals surface area contributed by atoms with E-state index in [0.29, 0.717) is 31.8 Å². The van der Waals surface area contributed by atoms with Crippen molar-refractivity contribution < 1.29 is 14.6 Å². The van der Waals surface area contributed by atoms with Crippen LogP contribution >= 0.6 is 0 Å². The van der Waals surface area contributed by atoms with Crippen molar-refractivity contribution in [3.63, 3.8) is 0 Å². The Morgan fingerprint density at radius 2 is 2.22 bits per heavy atom. The Morgan fingerprint density at radius 3 is 2.89 bits per heavy atom. The quantitative estimate of drug-likeness (QED) is 0.634. The molecule has 0 aliphatic carbocycles. The number of carbonyl (C=O) groups excluding carboxylic acids is 1. The van der Waals surface area contributed by atoms with E-state index < -0.39 is 0 Å². The lowest BCUT2D eigenvalue weighted by molar-refractivity contribution is -0.120. The summed E-state index contributed by atoms with van der Waals surface area (Å²) in [4.78, 5) is 11.2. The number of methoxy groups -OCH3 is 1. The zero-order chi connectivity index (χ0) is 13.4. The molecule has 0 aliphatic heterocycles. The first-order valence-electron chi connectivity index (χ1n) is 6.01. The molecule has 1 aromatic rings. The van der Waals surface area contributed by atoms with Crippen molar-refractivity contribution >= 4 is 5.91 Å². The fourth-order valence-electron chi connectivity index (χ4n) is 1.59. The fourth-order valence-corrected chi connectivity index (χ4v) is 1.59. The topological polar surface area (TPSA) is 70.6 Å². The van der Waals surface area contributed by atoms with Crippen molar-refractivity contribution in [1.29, 1.82) is 0 Å². The van der Waals surface area contributed by atoms with Gasteiger partial charge in [0.2, 0.25) is 5.91 Å². The molecule has 5 nitrogen and oxygen atoms in total. The number of ether oxygens (including phenoxy) is 1. The summed E-state index contributed by atoms with van der Waals surface area (Å²) in [6, 6.07) is 5.34. The number of nitrogens with one attached hydrogen (secondary N) is 2. The molecule has 0 radical (unpaired) electrons. The van der Waals surface area contributed by atoms with Gasteiger partial charge in [-0.25, -0.2) is 0 Å². The molecule has 0 fully saturated rings. The van der Waals surface area contributed by atoms with E-state index >= 15 is 0 Å². The van der Waals surface area contributed by atoms with Crippen LogP contribution in [0.1, 0.15) is 18.9 Å². The Labute approximate surface area is 107 Å².